The Labute approximate surface area is 92.3 Å². The van der Waals surface area contributed by atoms with Crippen molar-refractivity contribution in [1.29, 1.82) is 0 Å². The van der Waals surface area contributed by atoms with Gasteiger partial charge in [0.25, 0.3) is 0 Å². The van der Waals surface area contributed by atoms with E-state index in [9.17, 15) is 0 Å². The molecule has 0 saturated carbocycles. The Morgan fingerprint density at radius 3 is 2.79 bits per heavy atom. The minimum atomic E-state index is -0.148. The van der Waals surface area contributed by atoms with Crippen LogP contribution in [-0.4, -0.2) is 18.5 Å². The molecule has 1 aliphatic rings. The van der Waals surface area contributed by atoms with E-state index in [0.29, 0.717) is 13.2 Å². The number of rotatable bonds is 3. The van der Waals surface area contributed by atoms with Crippen molar-refractivity contribution in [3.05, 3.63) is 35.4 Å². The molecule has 1 fully saturated rings. The first-order chi connectivity index (χ1) is 6.90. The van der Waals surface area contributed by atoms with Gasteiger partial charge in [-0.2, -0.15) is 0 Å². The maximum atomic E-state index is 5.44. The molecule has 2 rings (SSSR count). The molecule has 1 heterocycles. The molecule has 0 aromatic heterocycles. The van der Waals surface area contributed by atoms with Gasteiger partial charge in [0.15, 0.2) is 6.29 Å². The van der Waals surface area contributed by atoms with E-state index in [1.54, 1.807) is 0 Å². The van der Waals surface area contributed by atoms with Crippen LogP contribution in [0.1, 0.15) is 17.4 Å². The molecule has 0 atom stereocenters. The number of hydrogen-bond donors (Lipinski definition) is 0. The van der Waals surface area contributed by atoms with Crippen LogP contribution in [0.3, 0.4) is 0 Å². The van der Waals surface area contributed by atoms with Crippen molar-refractivity contribution in [2.24, 2.45) is 0 Å². The number of aryl methyl sites for hydroxylation is 1. The molecule has 0 N–H and O–H groups in total. The van der Waals surface area contributed by atoms with Crippen LogP contribution in [0.25, 0.3) is 0 Å². The van der Waals surface area contributed by atoms with Crippen LogP contribution < -0.4 is 0 Å². The zero-order valence-electron chi connectivity index (χ0n) is 7.91. The molecule has 2 nitrogen and oxygen atoms in total. The highest BCUT2D eigenvalue weighted by Gasteiger charge is 2.17. The Bertz CT molecular complexity index is 295. The van der Waals surface area contributed by atoms with Crippen LogP contribution >= 0.6 is 15.9 Å². The average Bonchev–Trinajstić information content (AvgIpc) is 2.71. The molecule has 0 unspecified atom stereocenters. The lowest BCUT2D eigenvalue weighted by atomic mass is 10.1. The highest BCUT2D eigenvalue weighted by molar-refractivity contribution is 9.09. The molecule has 1 aliphatic heterocycles. The number of alkyl halides is 1. The molecule has 0 radical (unpaired) electrons. The van der Waals surface area contributed by atoms with E-state index >= 15 is 0 Å². The van der Waals surface area contributed by atoms with Crippen molar-refractivity contribution in [1.82, 2.24) is 0 Å². The summed E-state index contributed by atoms with van der Waals surface area (Å²) in [5.74, 6) is 0. The van der Waals surface area contributed by atoms with Crippen molar-refractivity contribution < 1.29 is 9.47 Å². The third-order valence-corrected chi connectivity index (χ3v) is 2.62. The summed E-state index contributed by atoms with van der Waals surface area (Å²) in [7, 11) is 0. The summed E-state index contributed by atoms with van der Waals surface area (Å²) in [5, 5.41) is 0.989. The van der Waals surface area contributed by atoms with Gasteiger partial charge in [-0.3, -0.25) is 0 Å². The fourth-order valence-corrected chi connectivity index (χ4v) is 2.01. The molecule has 76 valence electrons. The van der Waals surface area contributed by atoms with Gasteiger partial charge in [0, 0.05) is 10.9 Å². The molecule has 14 heavy (non-hydrogen) atoms. The summed E-state index contributed by atoms with van der Waals surface area (Å²) < 4.78 is 10.9. The monoisotopic (exact) mass is 256 g/mol. The summed E-state index contributed by atoms with van der Waals surface area (Å²) in [6.07, 6.45) is 0.894. The summed E-state index contributed by atoms with van der Waals surface area (Å²) in [6.45, 7) is 1.40. The highest BCUT2D eigenvalue weighted by atomic mass is 79.9. The van der Waals surface area contributed by atoms with E-state index in [4.69, 9.17) is 9.47 Å². The van der Waals surface area contributed by atoms with Gasteiger partial charge < -0.3 is 9.47 Å². The van der Waals surface area contributed by atoms with Crippen LogP contribution in [0.5, 0.6) is 0 Å². The van der Waals surface area contributed by atoms with Gasteiger partial charge in [-0.25, -0.2) is 0 Å². The molecule has 3 heteroatoms. The van der Waals surface area contributed by atoms with Gasteiger partial charge in [-0.1, -0.05) is 40.2 Å². The molecule has 0 spiro atoms. The van der Waals surface area contributed by atoms with E-state index in [-0.39, 0.29) is 6.29 Å². The lowest BCUT2D eigenvalue weighted by Crippen LogP contribution is -1.99. The van der Waals surface area contributed by atoms with E-state index in [2.05, 4.69) is 34.1 Å². The van der Waals surface area contributed by atoms with Crippen LogP contribution in [0.15, 0.2) is 24.3 Å². The van der Waals surface area contributed by atoms with Gasteiger partial charge in [0.2, 0.25) is 0 Å². The topological polar surface area (TPSA) is 18.5 Å². The molecule has 0 aliphatic carbocycles. The van der Waals surface area contributed by atoms with Crippen molar-refractivity contribution in [3.63, 3.8) is 0 Å². The second kappa shape index (κ2) is 4.91. The van der Waals surface area contributed by atoms with E-state index in [1.165, 1.54) is 5.56 Å². The standard InChI is InChI=1S/C11H13BrO2/c12-5-4-9-2-1-3-10(8-9)11-13-6-7-14-11/h1-3,8,11H,4-7H2. The summed E-state index contributed by atoms with van der Waals surface area (Å²) >= 11 is 3.43. The molecular formula is C11H13BrO2. The fraction of sp³-hybridized carbons (Fsp3) is 0.455. The molecule has 0 bridgehead atoms. The Morgan fingerprint density at radius 2 is 2.07 bits per heavy atom. The van der Waals surface area contributed by atoms with Gasteiger partial charge >= 0.3 is 0 Å². The Hall–Kier alpha value is -0.380. The zero-order chi connectivity index (χ0) is 9.80. The number of benzene rings is 1. The normalized spacial score (nSPS) is 17.5. The van der Waals surface area contributed by atoms with Gasteiger partial charge in [0.1, 0.15) is 0 Å². The SMILES string of the molecule is BrCCc1cccc(C2OCCO2)c1. The van der Waals surface area contributed by atoms with Gasteiger partial charge in [0.05, 0.1) is 13.2 Å². The highest BCUT2D eigenvalue weighted by Crippen LogP contribution is 2.23. The van der Waals surface area contributed by atoms with Crippen molar-refractivity contribution in [2.45, 2.75) is 12.7 Å². The number of hydrogen-bond acceptors (Lipinski definition) is 2. The van der Waals surface area contributed by atoms with Crippen LogP contribution in [-0.2, 0) is 15.9 Å². The van der Waals surface area contributed by atoms with Gasteiger partial charge in [-0.15, -0.1) is 0 Å². The van der Waals surface area contributed by atoms with E-state index in [0.717, 1.165) is 17.3 Å². The Morgan fingerprint density at radius 1 is 1.29 bits per heavy atom. The summed E-state index contributed by atoms with van der Waals surface area (Å²) in [4.78, 5) is 0. The second-order valence-electron chi connectivity index (χ2n) is 3.26. The summed E-state index contributed by atoms with van der Waals surface area (Å²) in [6, 6.07) is 8.38. The lowest BCUT2D eigenvalue weighted by molar-refractivity contribution is -0.0441. The average molecular weight is 257 g/mol. The fourth-order valence-electron chi connectivity index (χ4n) is 1.56. The Kier molecular flexibility index (Phi) is 3.56. The predicted molar refractivity (Wildman–Crippen MR) is 58.6 cm³/mol. The number of halogens is 1. The van der Waals surface area contributed by atoms with Crippen molar-refractivity contribution >= 4 is 15.9 Å². The largest absolute Gasteiger partial charge is 0.346 e. The smallest absolute Gasteiger partial charge is 0.184 e. The predicted octanol–water partition coefficient (Wildman–Crippen LogP) is 2.67. The molecule has 1 aromatic carbocycles. The molecular weight excluding hydrogens is 244 g/mol. The molecule has 1 saturated heterocycles. The van der Waals surface area contributed by atoms with Crippen LogP contribution in [0.4, 0.5) is 0 Å². The van der Waals surface area contributed by atoms with Crippen molar-refractivity contribution in [3.8, 4) is 0 Å². The molecule has 1 aromatic rings. The quantitative estimate of drug-likeness (QED) is 0.775. The van der Waals surface area contributed by atoms with E-state index < -0.39 is 0 Å². The van der Waals surface area contributed by atoms with E-state index in [1.807, 2.05) is 6.07 Å². The number of ether oxygens (including phenoxy) is 2. The van der Waals surface area contributed by atoms with Gasteiger partial charge in [-0.05, 0) is 12.0 Å². The summed E-state index contributed by atoms with van der Waals surface area (Å²) in [5.41, 5.74) is 2.44. The zero-order valence-corrected chi connectivity index (χ0v) is 9.50. The maximum absolute atomic E-state index is 5.44. The third kappa shape index (κ3) is 2.35. The van der Waals surface area contributed by atoms with Crippen molar-refractivity contribution in [2.75, 3.05) is 18.5 Å². The first-order valence-electron chi connectivity index (χ1n) is 4.78. The second-order valence-corrected chi connectivity index (χ2v) is 4.05. The lowest BCUT2D eigenvalue weighted by Gasteiger charge is -2.10. The van der Waals surface area contributed by atoms with Crippen LogP contribution in [0.2, 0.25) is 0 Å². The van der Waals surface area contributed by atoms with Crippen LogP contribution in [0, 0.1) is 0 Å². The maximum Gasteiger partial charge on any atom is 0.184 e. The minimum absolute atomic E-state index is 0.148. The molecule has 0 amide bonds. The Balaban J connectivity index is 2.12. The first kappa shape index (κ1) is 10.1. The third-order valence-electron chi connectivity index (χ3n) is 2.23. The first-order valence-corrected chi connectivity index (χ1v) is 5.90. The minimum Gasteiger partial charge on any atom is -0.346 e.